The Morgan fingerprint density at radius 2 is 2.00 bits per heavy atom. The van der Waals surface area contributed by atoms with Crippen LogP contribution in [-0.4, -0.2) is 44.8 Å². The lowest BCUT2D eigenvalue weighted by molar-refractivity contribution is 0.1000. The number of nitrogens with one attached hydrogen (secondary N) is 1. The Bertz CT molecular complexity index is 595. The van der Waals surface area contributed by atoms with Crippen molar-refractivity contribution < 1.29 is 13.2 Å². The van der Waals surface area contributed by atoms with Gasteiger partial charge in [0, 0.05) is 18.7 Å². The summed E-state index contributed by atoms with van der Waals surface area (Å²) >= 11 is 0. The topological polar surface area (TPSA) is 92.5 Å². The maximum atomic E-state index is 12.6. The first-order chi connectivity index (χ1) is 9.43. The minimum absolute atomic E-state index is 0.0153. The Labute approximate surface area is 119 Å². The van der Waals surface area contributed by atoms with Crippen LogP contribution in [0.5, 0.6) is 0 Å². The van der Waals surface area contributed by atoms with E-state index in [1.165, 1.54) is 28.6 Å². The van der Waals surface area contributed by atoms with Gasteiger partial charge in [-0.15, -0.1) is 0 Å². The summed E-state index contributed by atoms with van der Waals surface area (Å²) in [4.78, 5) is 11.3. The van der Waals surface area contributed by atoms with E-state index in [4.69, 9.17) is 5.73 Å². The maximum absolute atomic E-state index is 12.6. The number of rotatable bonds is 4. The predicted octanol–water partition coefficient (Wildman–Crippen LogP) is 0.158. The van der Waals surface area contributed by atoms with Gasteiger partial charge in [-0.2, -0.15) is 4.31 Å². The van der Waals surface area contributed by atoms with Gasteiger partial charge < -0.3 is 11.1 Å². The van der Waals surface area contributed by atoms with Crippen molar-refractivity contribution in [2.75, 3.05) is 20.1 Å². The van der Waals surface area contributed by atoms with Gasteiger partial charge in [-0.05, 0) is 44.1 Å². The highest BCUT2D eigenvalue weighted by molar-refractivity contribution is 7.89. The highest BCUT2D eigenvalue weighted by Gasteiger charge is 2.29. The molecule has 2 rings (SSSR count). The van der Waals surface area contributed by atoms with Gasteiger partial charge in [-0.1, -0.05) is 6.07 Å². The molecule has 0 saturated carbocycles. The lowest BCUT2D eigenvalue weighted by Gasteiger charge is -2.30. The molecule has 0 spiro atoms. The fraction of sp³-hybridized carbons (Fsp3) is 0.462. The minimum atomic E-state index is -3.60. The van der Waals surface area contributed by atoms with Gasteiger partial charge in [0.25, 0.3) is 0 Å². The van der Waals surface area contributed by atoms with Crippen LogP contribution < -0.4 is 11.1 Å². The van der Waals surface area contributed by atoms with E-state index in [2.05, 4.69) is 5.32 Å². The predicted molar refractivity (Wildman–Crippen MR) is 75.8 cm³/mol. The summed E-state index contributed by atoms with van der Waals surface area (Å²) in [5.41, 5.74) is 5.39. The molecule has 1 fully saturated rings. The second-order valence-corrected chi connectivity index (χ2v) is 6.89. The van der Waals surface area contributed by atoms with Crippen LogP contribution in [0.15, 0.2) is 29.2 Å². The molecule has 1 saturated heterocycles. The number of primary amides is 1. The molecule has 0 aliphatic carbocycles. The molecule has 6 nitrogen and oxygen atoms in total. The number of carbonyl (C=O) groups excluding carboxylic acids is 1. The SMILES string of the molecule is CN(C1CCNCC1)S(=O)(=O)c1cccc(C(N)=O)c1. The summed E-state index contributed by atoms with van der Waals surface area (Å²) < 4.78 is 26.5. The molecule has 0 bridgehead atoms. The lowest BCUT2D eigenvalue weighted by Crippen LogP contribution is -2.43. The molecule has 1 amide bonds. The number of hydrogen-bond acceptors (Lipinski definition) is 4. The van der Waals surface area contributed by atoms with Crippen molar-refractivity contribution in [3.05, 3.63) is 29.8 Å². The average molecular weight is 297 g/mol. The number of nitrogens with zero attached hydrogens (tertiary/aromatic N) is 1. The van der Waals surface area contributed by atoms with Gasteiger partial charge >= 0.3 is 0 Å². The van der Waals surface area contributed by atoms with E-state index >= 15 is 0 Å². The van der Waals surface area contributed by atoms with Crippen LogP contribution in [0.3, 0.4) is 0 Å². The van der Waals surface area contributed by atoms with Gasteiger partial charge in [-0.25, -0.2) is 8.42 Å². The minimum Gasteiger partial charge on any atom is -0.366 e. The molecular weight excluding hydrogens is 278 g/mol. The van der Waals surface area contributed by atoms with E-state index in [0.29, 0.717) is 0 Å². The summed E-state index contributed by atoms with van der Waals surface area (Å²) in [5.74, 6) is -0.633. The average Bonchev–Trinajstić information content (AvgIpc) is 2.47. The van der Waals surface area contributed by atoms with Crippen molar-refractivity contribution in [2.24, 2.45) is 5.73 Å². The van der Waals surface area contributed by atoms with Gasteiger partial charge in [0.1, 0.15) is 0 Å². The Balaban J connectivity index is 2.29. The fourth-order valence-electron chi connectivity index (χ4n) is 2.34. The monoisotopic (exact) mass is 297 g/mol. The fourth-order valence-corrected chi connectivity index (χ4v) is 3.80. The first-order valence-electron chi connectivity index (χ1n) is 6.51. The first kappa shape index (κ1) is 15.0. The summed E-state index contributed by atoms with van der Waals surface area (Å²) in [5, 5.41) is 3.20. The Kier molecular flexibility index (Phi) is 4.42. The number of hydrogen-bond donors (Lipinski definition) is 2. The van der Waals surface area contributed by atoms with Crippen molar-refractivity contribution in [3.8, 4) is 0 Å². The number of benzene rings is 1. The molecule has 0 atom stereocenters. The van der Waals surface area contributed by atoms with E-state index in [1.54, 1.807) is 7.05 Å². The zero-order valence-electron chi connectivity index (χ0n) is 11.4. The number of amides is 1. The largest absolute Gasteiger partial charge is 0.366 e. The molecule has 7 heteroatoms. The van der Waals surface area contributed by atoms with Crippen molar-refractivity contribution in [1.82, 2.24) is 9.62 Å². The quantitative estimate of drug-likeness (QED) is 0.828. The number of piperidine rings is 1. The van der Waals surface area contributed by atoms with Crippen molar-refractivity contribution in [2.45, 2.75) is 23.8 Å². The zero-order chi connectivity index (χ0) is 14.8. The second kappa shape index (κ2) is 5.90. The van der Waals surface area contributed by atoms with E-state index in [0.717, 1.165) is 25.9 Å². The first-order valence-corrected chi connectivity index (χ1v) is 7.95. The molecule has 1 aliphatic heterocycles. The third-order valence-electron chi connectivity index (χ3n) is 3.62. The number of carbonyl (C=O) groups is 1. The van der Waals surface area contributed by atoms with E-state index in [-0.39, 0.29) is 16.5 Å². The standard InChI is InChI=1S/C13H19N3O3S/c1-16(11-5-7-15-8-6-11)20(18,19)12-4-2-3-10(9-12)13(14)17/h2-4,9,11,15H,5-8H2,1H3,(H2,14,17). The molecule has 0 aromatic heterocycles. The molecule has 0 unspecified atom stereocenters. The van der Waals surface area contributed by atoms with Crippen LogP contribution in [0, 0.1) is 0 Å². The summed E-state index contributed by atoms with van der Waals surface area (Å²) in [6.07, 6.45) is 1.57. The van der Waals surface area contributed by atoms with Gasteiger partial charge in [-0.3, -0.25) is 4.79 Å². The van der Waals surface area contributed by atoms with Crippen LogP contribution in [0.4, 0.5) is 0 Å². The molecule has 1 aliphatic rings. The molecule has 1 heterocycles. The van der Waals surface area contributed by atoms with Crippen LogP contribution >= 0.6 is 0 Å². The molecule has 110 valence electrons. The Hall–Kier alpha value is -1.44. The van der Waals surface area contributed by atoms with Crippen LogP contribution in [0.1, 0.15) is 23.2 Å². The van der Waals surface area contributed by atoms with Gasteiger partial charge in [0.15, 0.2) is 0 Å². The zero-order valence-corrected chi connectivity index (χ0v) is 12.2. The highest BCUT2D eigenvalue weighted by Crippen LogP contribution is 2.21. The van der Waals surface area contributed by atoms with Gasteiger partial charge in [0.05, 0.1) is 4.90 Å². The Morgan fingerprint density at radius 3 is 2.60 bits per heavy atom. The summed E-state index contributed by atoms with van der Waals surface area (Å²) in [6, 6.07) is 5.84. The van der Waals surface area contributed by atoms with Crippen LogP contribution in [0.2, 0.25) is 0 Å². The summed E-state index contributed by atoms with van der Waals surface area (Å²) in [7, 11) is -2.01. The van der Waals surface area contributed by atoms with E-state index < -0.39 is 15.9 Å². The van der Waals surface area contributed by atoms with Crippen molar-refractivity contribution >= 4 is 15.9 Å². The molecule has 1 aromatic rings. The van der Waals surface area contributed by atoms with Crippen molar-refractivity contribution in [3.63, 3.8) is 0 Å². The van der Waals surface area contributed by atoms with Crippen LogP contribution in [-0.2, 0) is 10.0 Å². The maximum Gasteiger partial charge on any atom is 0.248 e. The highest BCUT2D eigenvalue weighted by atomic mass is 32.2. The molecule has 1 aromatic carbocycles. The number of nitrogens with two attached hydrogens (primary N) is 1. The molecule has 3 N–H and O–H groups in total. The van der Waals surface area contributed by atoms with Gasteiger partial charge in [0.2, 0.25) is 15.9 Å². The third kappa shape index (κ3) is 3.00. The smallest absolute Gasteiger partial charge is 0.248 e. The van der Waals surface area contributed by atoms with E-state index in [1.807, 2.05) is 0 Å². The van der Waals surface area contributed by atoms with Crippen molar-refractivity contribution in [1.29, 1.82) is 0 Å². The third-order valence-corrected chi connectivity index (χ3v) is 5.52. The Morgan fingerprint density at radius 1 is 1.35 bits per heavy atom. The molecular formula is C13H19N3O3S. The number of sulfonamides is 1. The van der Waals surface area contributed by atoms with E-state index in [9.17, 15) is 13.2 Å². The summed E-state index contributed by atoms with van der Waals surface area (Å²) in [6.45, 7) is 1.62. The lowest BCUT2D eigenvalue weighted by atomic mass is 10.1. The molecule has 20 heavy (non-hydrogen) atoms. The molecule has 0 radical (unpaired) electrons. The normalized spacial score (nSPS) is 17.3. The van der Waals surface area contributed by atoms with Crippen LogP contribution in [0.25, 0.3) is 0 Å². The second-order valence-electron chi connectivity index (χ2n) is 4.89.